The zero-order chi connectivity index (χ0) is 24.3. The third-order valence-electron chi connectivity index (χ3n) is 4.36. The van der Waals surface area contributed by atoms with Crippen LogP contribution in [0.15, 0.2) is 53.4 Å². The third kappa shape index (κ3) is 5.96. The summed E-state index contributed by atoms with van der Waals surface area (Å²) in [4.78, 5) is 37.5. The maximum Gasteiger partial charge on any atom is 0.338 e. The number of carbonyl (C=O) groups is 3. The number of hydrogen-bond donors (Lipinski definition) is 2. The van der Waals surface area contributed by atoms with E-state index in [-0.39, 0.29) is 31.6 Å². The Hall–Kier alpha value is -1.93. The maximum atomic E-state index is 12.8. The van der Waals surface area contributed by atoms with Crippen molar-refractivity contribution >= 4 is 93.1 Å². The van der Waals surface area contributed by atoms with Gasteiger partial charge in [-0.3, -0.25) is 9.59 Å². The predicted molar refractivity (Wildman–Crippen MR) is 134 cm³/mol. The molecule has 0 fully saturated rings. The number of hydrogen-bond acceptors (Lipinski definition) is 4. The second-order valence-electron chi connectivity index (χ2n) is 6.51. The standard InChI is InChI=1S/C22H12Cl5NO4S/c23-11-3-1-10(2-4-11)14(29)9-33-13-7-5-12(6-8-13)28-21(30)15-16(22(31)32)18(25)20(27)19(26)17(15)24/h1-8H,9H2,(H,28,30)(H,31,32). The molecule has 5 nitrogen and oxygen atoms in total. The maximum absolute atomic E-state index is 12.8. The first-order chi connectivity index (χ1) is 15.6. The minimum Gasteiger partial charge on any atom is -0.478 e. The summed E-state index contributed by atoms with van der Waals surface area (Å²) >= 11 is 31.1. The number of thioether (sulfide) groups is 1. The molecule has 33 heavy (non-hydrogen) atoms. The average Bonchev–Trinajstić information content (AvgIpc) is 2.79. The molecule has 0 atom stereocenters. The van der Waals surface area contributed by atoms with Crippen molar-refractivity contribution in [1.82, 2.24) is 0 Å². The van der Waals surface area contributed by atoms with Crippen molar-refractivity contribution in [1.29, 1.82) is 0 Å². The first-order valence-corrected chi connectivity index (χ1v) is 11.9. The van der Waals surface area contributed by atoms with E-state index in [0.29, 0.717) is 16.3 Å². The van der Waals surface area contributed by atoms with Crippen LogP contribution in [0.1, 0.15) is 31.1 Å². The van der Waals surface area contributed by atoms with Gasteiger partial charge in [0.25, 0.3) is 5.91 Å². The van der Waals surface area contributed by atoms with Gasteiger partial charge < -0.3 is 10.4 Å². The number of anilines is 1. The highest BCUT2D eigenvalue weighted by Gasteiger charge is 2.28. The van der Waals surface area contributed by atoms with E-state index < -0.39 is 23.0 Å². The van der Waals surface area contributed by atoms with Crippen LogP contribution in [0.2, 0.25) is 25.1 Å². The fourth-order valence-electron chi connectivity index (χ4n) is 2.74. The van der Waals surface area contributed by atoms with Gasteiger partial charge in [-0.05, 0) is 48.5 Å². The van der Waals surface area contributed by atoms with Gasteiger partial charge in [-0.2, -0.15) is 0 Å². The van der Waals surface area contributed by atoms with E-state index in [9.17, 15) is 19.5 Å². The van der Waals surface area contributed by atoms with E-state index in [4.69, 9.17) is 58.0 Å². The molecule has 3 aromatic rings. The molecule has 0 spiro atoms. The minimum absolute atomic E-state index is 0.0543. The van der Waals surface area contributed by atoms with Gasteiger partial charge in [-0.15, -0.1) is 11.8 Å². The molecule has 0 saturated carbocycles. The number of nitrogens with one attached hydrogen (secondary N) is 1. The molecule has 0 heterocycles. The van der Waals surface area contributed by atoms with Crippen molar-refractivity contribution in [3.05, 3.63) is 90.3 Å². The van der Waals surface area contributed by atoms with Crippen LogP contribution in [-0.4, -0.2) is 28.5 Å². The fourth-order valence-corrected chi connectivity index (χ4v) is 4.68. The van der Waals surface area contributed by atoms with E-state index in [2.05, 4.69) is 5.32 Å². The van der Waals surface area contributed by atoms with Crippen molar-refractivity contribution in [3.63, 3.8) is 0 Å². The monoisotopic (exact) mass is 561 g/mol. The van der Waals surface area contributed by atoms with Crippen LogP contribution in [0.3, 0.4) is 0 Å². The highest BCUT2D eigenvalue weighted by atomic mass is 35.5. The Morgan fingerprint density at radius 1 is 0.758 bits per heavy atom. The van der Waals surface area contributed by atoms with Crippen molar-refractivity contribution in [2.45, 2.75) is 4.90 Å². The Labute approximate surface area is 217 Å². The summed E-state index contributed by atoms with van der Waals surface area (Å²) in [5.41, 5.74) is -0.0396. The molecule has 0 aromatic heterocycles. The molecular weight excluding hydrogens is 552 g/mol. The van der Waals surface area contributed by atoms with Gasteiger partial charge in [0.05, 0.1) is 37.0 Å². The van der Waals surface area contributed by atoms with Gasteiger partial charge in [-0.1, -0.05) is 58.0 Å². The van der Waals surface area contributed by atoms with Gasteiger partial charge in [0.1, 0.15) is 0 Å². The summed E-state index contributed by atoms with van der Waals surface area (Å²) in [5.74, 6) is -2.15. The van der Waals surface area contributed by atoms with Crippen LogP contribution < -0.4 is 5.32 Å². The lowest BCUT2D eigenvalue weighted by molar-refractivity contribution is 0.0692. The number of carbonyl (C=O) groups excluding carboxylic acids is 2. The smallest absolute Gasteiger partial charge is 0.338 e. The third-order valence-corrected chi connectivity index (χ3v) is 7.42. The number of ketones is 1. The molecule has 0 saturated heterocycles. The topological polar surface area (TPSA) is 83.5 Å². The number of amides is 1. The Kier molecular flexibility index (Phi) is 8.56. The van der Waals surface area contributed by atoms with E-state index in [1.807, 2.05) is 0 Å². The number of halogens is 5. The Morgan fingerprint density at radius 3 is 1.85 bits per heavy atom. The molecule has 11 heteroatoms. The molecule has 3 aromatic carbocycles. The van der Waals surface area contributed by atoms with Gasteiger partial charge in [0, 0.05) is 21.2 Å². The van der Waals surface area contributed by atoms with Gasteiger partial charge in [-0.25, -0.2) is 4.79 Å². The second-order valence-corrected chi connectivity index (χ2v) is 9.51. The average molecular weight is 564 g/mol. The number of carboxylic acid groups (broad SMARTS) is 1. The summed E-state index contributed by atoms with van der Waals surface area (Å²) in [6, 6.07) is 13.2. The van der Waals surface area contributed by atoms with Gasteiger partial charge in [0.15, 0.2) is 5.78 Å². The van der Waals surface area contributed by atoms with Crippen LogP contribution in [0, 0.1) is 0 Å². The van der Waals surface area contributed by atoms with Crippen molar-refractivity contribution < 1.29 is 19.5 Å². The number of aromatic carboxylic acids is 1. The summed E-state index contributed by atoms with van der Waals surface area (Å²) in [6.45, 7) is 0. The summed E-state index contributed by atoms with van der Waals surface area (Å²) in [6.07, 6.45) is 0. The Morgan fingerprint density at radius 2 is 1.30 bits per heavy atom. The predicted octanol–water partition coefficient (Wildman–Crippen LogP) is 7.88. The van der Waals surface area contributed by atoms with Crippen LogP contribution >= 0.6 is 69.8 Å². The molecule has 0 radical (unpaired) electrons. The highest BCUT2D eigenvalue weighted by molar-refractivity contribution is 8.00. The van der Waals surface area contributed by atoms with Crippen molar-refractivity contribution in [2.24, 2.45) is 0 Å². The molecular formula is C22H12Cl5NO4S. The molecule has 0 aliphatic carbocycles. The second kappa shape index (κ2) is 11.0. The molecule has 0 bridgehead atoms. The van der Waals surface area contributed by atoms with Crippen LogP contribution in [0.5, 0.6) is 0 Å². The quantitative estimate of drug-likeness (QED) is 0.132. The molecule has 2 N–H and O–H groups in total. The highest BCUT2D eigenvalue weighted by Crippen LogP contribution is 2.41. The lowest BCUT2D eigenvalue weighted by Crippen LogP contribution is -2.18. The van der Waals surface area contributed by atoms with Crippen LogP contribution in [0.25, 0.3) is 0 Å². The first-order valence-electron chi connectivity index (χ1n) is 9.02. The van der Waals surface area contributed by atoms with Gasteiger partial charge in [0.2, 0.25) is 0 Å². The molecule has 0 aliphatic heterocycles. The number of benzene rings is 3. The molecule has 0 aliphatic rings. The molecule has 3 rings (SSSR count). The molecule has 170 valence electrons. The Bertz CT molecular complexity index is 1250. The molecule has 0 unspecified atom stereocenters. The summed E-state index contributed by atoms with van der Waals surface area (Å²) < 4.78 is 0. The van der Waals surface area contributed by atoms with E-state index in [1.54, 1.807) is 48.5 Å². The lowest BCUT2D eigenvalue weighted by Gasteiger charge is -2.14. The summed E-state index contributed by atoms with van der Waals surface area (Å²) in [5, 5.41) is 11.4. The van der Waals surface area contributed by atoms with Crippen LogP contribution in [-0.2, 0) is 0 Å². The zero-order valence-corrected chi connectivity index (χ0v) is 20.9. The Balaban J connectivity index is 1.73. The minimum atomic E-state index is -1.48. The van der Waals surface area contributed by atoms with Gasteiger partial charge >= 0.3 is 5.97 Å². The number of rotatable bonds is 7. The fraction of sp³-hybridized carbons (Fsp3) is 0.0455. The summed E-state index contributed by atoms with van der Waals surface area (Å²) in [7, 11) is 0. The lowest BCUT2D eigenvalue weighted by atomic mass is 10.1. The number of carboxylic acids is 1. The van der Waals surface area contributed by atoms with Crippen LogP contribution in [0.4, 0.5) is 5.69 Å². The van der Waals surface area contributed by atoms with E-state index >= 15 is 0 Å². The van der Waals surface area contributed by atoms with E-state index in [0.717, 1.165) is 4.90 Å². The van der Waals surface area contributed by atoms with Crippen molar-refractivity contribution in [2.75, 3.05) is 11.1 Å². The van der Waals surface area contributed by atoms with Crippen molar-refractivity contribution in [3.8, 4) is 0 Å². The number of Topliss-reactive ketones (excluding diaryl/α,β-unsaturated/α-hetero) is 1. The zero-order valence-electron chi connectivity index (χ0n) is 16.3. The SMILES string of the molecule is O=C(CSc1ccc(NC(=O)c2c(Cl)c(Cl)c(Cl)c(Cl)c2C(=O)O)cc1)c1ccc(Cl)cc1. The van der Waals surface area contributed by atoms with E-state index in [1.165, 1.54) is 11.8 Å². The molecule has 1 amide bonds. The normalized spacial score (nSPS) is 10.7. The first kappa shape index (κ1) is 25.7. The largest absolute Gasteiger partial charge is 0.478 e.